The molecule has 0 saturated heterocycles. The number of aromatic amines is 1. The molecule has 0 bridgehead atoms. The van der Waals surface area contributed by atoms with E-state index in [9.17, 15) is 4.79 Å². The molecule has 0 spiro atoms. The Morgan fingerprint density at radius 2 is 1.95 bits per heavy atom. The molecule has 1 heterocycles. The van der Waals surface area contributed by atoms with Crippen molar-refractivity contribution in [3.05, 3.63) is 46.9 Å². The van der Waals surface area contributed by atoms with Crippen molar-refractivity contribution in [2.24, 2.45) is 0 Å². The van der Waals surface area contributed by atoms with E-state index in [1.165, 1.54) is 0 Å². The highest BCUT2D eigenvalue weighted by Crippen LogP contribution is 2.25. The number of hydrogen-bond donors (Lipinski definition) is 1. The minimum atomic E-state index is -0.556. The average Bonchev–Trinajstić information content (AvgIpc) is 2.93. The van der Waals surface area contributed by atoms with E-state index in [1.54, 1.807) is 0 Å². The third-order valence-electron chi connectivity index (χ3n) is 3.33. The Balaban J connectivity index is 1.83. The van der Waals surface area contributed by atoms with Crippen LogP contribution in [0.5, 0.6) is 5.75 Å². The fourth-order valence-corrected chi connectivity index (χ4v) is 2.16. The molecule has 0 radical (unpaired) electrons. The topological polar surface area (TPSA) is 71.4 Å². The van der Waals surface area contributed by atoms with Crippen molar-refractivity contribution in [2.75, 3.05) is 27.2 Å². The first kappa shape index (κ1) is 14.3. The summed E-state index contributed by atoms with van der Waals surface area (Å²) in [5.74, 6) is 0.717. The molecule has 22 heavy (non-hydrogen) atoms. The maximum atomic E-state index is 11.0. The predicted molar refractivity (Wildman–Crippen MR) is 84.1 cm³/mol. The van der Waals surface area contributed by atoms with Gasteiger partial charge in [-0.05, 0) is 43.1 Å². The lowest BCUT2D eigenvalue weighted by Crippen LogP contribution is -2.19. The van der Waals surface area contributed by atoms with E-state index in [2.05, 4.69) is 19.6 Å². The van der Waals surface area contributed by atoms with Crippen LogP contribution >= 0.6 is 0 Å². The maximum Gasteiger partial charge on any atom is 0.439 e. The highest BCUT2D eigenvalue weighted by Gasteiger charge is 2.06. The summed E-state index contributed by atoms with van der Waals surface area (Å²) in [5.41, 5.74) is 0.805. The van der Waals surface area contributed by atoms with Crippen LogP contribution in [0.15, 0.2) is 45.7 Å². The zero-order chi connectivity index (χ0) is 15.5. The van der Waals surface area contributed by atoms with Gasteiger partial charge in [0.25, 0.3) is 0 Å². The van der Waals surface area contributed by atoms with Crippen LogP contribution in [0.3, 0.4) is 0 Å². The van der Waals surface area contributed by atoms with Crippen LogP contribution in [0.4, 0.5) is 0 Å². The average molecular weight is 299 g/mol. The number of H-pyrrole nitrogens is 1. The molecular weight excluding hydrogens is 282 g/mol. The summed E-state index contributed by atoms with van der Waals surface area (Å²) in [7, 11) is 4.03. The van der Waals surface area contributed by atoms with E-state index in [0.717, 1.165) is 28.6 Å². The largest absolute Gasteiger partial charge is 0.492 e. The summed E-state index contributed by atoms with van der Waals surface area (Å²) in [5, 5.41) is 5.80. The standard InChI is InChI=1S/C16H17N3O3/c1-19(2)7-8-21-14-6-5-11-9-13(4-3-12(11)10-14)15-17-16(20)22-18-15/h3-6,9-10H,7-8H2,1-2H3,(H,17,18,20). The second-order valence-corrected chi connectivity index (χ2v) is 5.32. The lowest BCUT2D eigenvalue weighted by Gasteiger charge is -2.11. The zero-order valence-electron chi connectivity index (χ0n) is 12.5. The summed E-state index contributed by atoms with van der Waals surface area (Å²) in [6, 6.07) is 11.7. The SMILES string of the molecule is CN(C)CCOc1ccc2cc(-c3noc(=O)[nH]3)ccc2c1. The van der Waals surface area contributed by atoms with Crippen molar-refractivity contribution in [1.29, 1.82) is 0 Å². The molecule has 6 nitrogen and oxygen atoms in total. The summed E-state index contributed by atoms with van der Waals surface area (Å²) in [6.07, 6.45) is 0. The molecule has 0 amide bonds. The highest BCUT2D eigenvalue weighted by atomic mass is 16.5. The first-order valence-corrected chi connectivity index (χ1v) is 6.99. The molecule has 1 aromatic heterocycles. The first-order valence-electron chi connectivity index (χ1n) is 6.99. The van der Waals surface area contributed by atoms with Crippen LogP contribution < -0.4 is 10.5 Å². The van der Waals surface area contributed by atoms with Gasteiger partial charge in [-0.1, -0.05) is 23.4 Å². The molecule has 114 valence electrons. The number of nitrogens with zero attached hydrogens (tertiary/aromatic N) is 2. The number of aromatic nitrogens is 2. The van der Waals surface area contributed by atoms with Crippen LogP contribution in [-0.2, 0) is 0 Å². The van der Waals surface area contributed by atoms with Gasteiger partial charge in [0.15, 0.2) is 5.82 Å². The molecule has 0 saturated carbocycles. The summed E-state index contributed by atoms with van der Waals surface area (Å²) < 4.78 is 10.3. The van der Waals surface area contributed by atoms with Gasteiger partial charge < -0.3 is 9.64 Å². The molecule has 0 aliphatic carbocycles. The van der Waals surface area contributed by atoms with Crippen LogP contribution in [0.25, 0.3) is 22.2 Å². The van der Waals surface area contributed by atoms with Crippen molar-refractivity contribution in [1.82, 2.24) is 15.0 Å². The van der Waals surface area contributed by atoms with Crippen molar-refractivity contribution in [3.8, 4) is 17.1 Å². The fraction of sp³-hybridized carbons (Fsp3) is 0.250. The number of likely N-dealkylation sites (N-methyl/N-ethyl adjacent to an activating group) is 1. The minimum absolute atomic E-state index is 0.429. The third kappa shape index (κ3) is 3.17. The molecule has 0 unspecified atom stereocenters. The number of benzene rings is 2. The van der Waals surface area contributed by atoms with Gasteiger partial charge in [0, 0.05) is 12.1 Å². The number of hydrogen-bond acceptors (Lipinski definition) is 5. The highest BCUT2D eigenvalue weighted by molar-refractivity contribution is 5.87. The Bertz CT molecular complexity index is 836. The van der Waals surface area contributed by atoms with Crippen molar-refractivity contribution >= 4 is 10.8 Å². The van der Waals surface area contributed by atoms with Gasteiger partial charge in [0.2, 0.25) is 0 Å². The van der Waals surface area contributed by atoms with Gasteiger partial charge in [-0.25, -0.2) is 4.79 Å². The molecule has 3 aromatic rings. The second kappa shape index (κ2) is 6.03. The Morgan fingerprint density at radius 3 is 2.68 bits per heavy atom. The summed E-state index contributed by atoms with van der Waals surface area (Å²) in [4.78, 5) is 15.6. The number of fused-ring (bicyclic) bond motifs is 1. The molecule has 0 atom stereocenters. The van der Waals surface area contributed by atoms with E-state index in [0.29, 0.717) is 12.4 Å². The number of nitrogens with one attached hydrogen (secondary N) is 1. The van der Waals surface area contributed by atoms with Gasteiger partial charge in [-0.3, -0.25) is 9.51 Å². The maximum absolute atomic E-state index is 11.0. The lowest BCUT2D eigenvalue weighted by atomic mass is 10.1. The van der Waals surface area contributed by atoms with Gasteiger partial charge in [-0.15, -0.1) is 0 Å². The molecule has 3 rings (SSSR count). The monoisotopic (exact) mass is 299 g/mol. The van der Waals surface area contributed by atoms with E-state index >= 15 is 0 Å². The Hall–Kier alpha value is -2.60. The second-order valence-electron chi connectivity index (χ2n) is 5.32. The molecule has 0 fully saturated rings. The number of rotatable bonds is 5. The van der Waals surface area contributed by atoms with Crippen molar-refractivity contribution in [2.45, 2.75) is 0 Å². The van der Waals surface area contributed by atoms with Gasteiger partial charge in [0.05, 0.1) is 0 Å². The molecule has 0 aliphatic rings. The van der Waals surface area contributed by atoms with Crippen LogP contribution in [0.2, 0.25) is 0 Å². The zero-order valence-corrected chi connectivity index (χ0v) is 12.5. The number of ether oxygens (including phenoxy) is 1. The molecule has 6 heteroatoms. The van der Waals surface area contributed by atoms with E-state index in [4.69, 9.17) is 4.74 Å². The van der Waals surface area contributed by atoms with Gasteiger partial charge >= 0.3 is 5.76 Å². The van der Waals surface area contributed by atoms with Gasteiger partial charge in [0.1, 0.15) is 12.4 Å². The summed E-state index contributed by atoms with van der Waals surface area (Å²) in [6.45, 7) is 1.52. The lowest BCUT2D eigenvalue weighted by molar-refractivity contribution is 0.261. The van der Waals surface area contributed by atoms with Crippen LogP contribution in [0, 0.1) is 0 Å². The van der Waals surface area contributed by atoms with E-state index in [-0.39, 0.29) is 0 Å². The first-order chi connectivity index (χ1) is 10.6. The van der Waals surface area contributed by atoms with Gasteiger partial charge in [-0.2, -0.15) is 0 Å². The van der Waals surface area contributed by atoms with E-state index in [1.807, 2.05) is 50.5 Å². The van der Waals surface area contributed by atoms with Crippen LogP contribution in [-0.4, -0.2) is 42.3 Å². The molecular formula is C16H17N3O3. The Morgan fingerprint density at radius 1 is 1.18 bits per heavy atom. The van der Waals surface area contributed by atoms with Crippen molar-refractivity contribution < 1.29 is 9.26 Å². The smallest absolute Gasteiger partial charge is 0.439 e. The van der Waals surface area contributed by atoms with Crippen LogP contribution in [0.1, 0.15) is 0 Å². The fourth-order valence-electron chi connectivity index (χ4n) is 2.16. The Kier molecular flexibility index (Phi) is 3.93. The molecule has 1 N–H and O–H groups in total. The minimum Gasteiger partial charge on any atom is -0.492 e. The van der Waals surface area contributed by atoms with Crippen molar-refractivity contribution in [3.63, 3.8) is 0 Å². The molecule has 0 aliphatic heterocycles. The predicted octanol–water partition coefficient (Wildman–Crippen LogP) is 2.12. The third-order valence-corrected chi connectivity index (χ3v) is 3.33. The quantitative estimate of drug-likeness (QED) is 0.781. The summed E-state index contributed by atoms with van der Waals surface area (Å²) >= 11 is 0. The molecule has 2 aromatic carbocycles. The normalized spacial score (nSPS) is 11.2. The van der Waals surface area contributed by atoms with E-state index < -0.39 is 5.76 Å². The Labute approximate surface area is 127 Å².